The Bertz CT molecular complexity index is 468. The van der Waals surface area contributed by atoms with Crippen LogP contribution in [-0.4, -0.2) is 31.1 Å². The van der Waals surface area contributed by atoms with Gasteiger partial charge in [-0.25, -0.2) is 9.98 Å². The smallest absolute Gasteiger partial charge is 0.189 e. The fourth-order valence-electron chi connectivity index (χ4n) is 2.33. The van der Waals surface area contributed by atoms with Crippen LogP contribution in [0.2, 0.25) is 0 Å². The van der Waals surface area contributed by atoms with Crippen molar-refractivity contribution in [2.75, 3.05) is 19.0 Å². The molecule has 1 unspecified atom stereocenters. The number of aliphatic imine (C=N–C) groups is 1. The molecule has 0 spiro atoms. The summed E-state index contributed by atoms with van der Waals surface area (Å²) in [5.41, 5.74) is 7.06. The number of nitrogens with two attached hydrogens (primary N) is 1. The van der Waals surface area contributed by atoms with Crippen LogP contribution in [0.4, 0.5) is 5.82 Å². The highest BCUT2D eigenvalue weighted by Crippen LogP contribution is 2.15. The molecule has 0 aliphatic heterocycles. The Balaban J connectivity index is 2.49. The van der Waals surface area contributed by atoms with E-state index in [2.05, 4.69) is 36.1 Å². The van der Waals surface area contributed by atoms with Crippen molar-refractivity contribution < 1.29 is 0 Å². The van der Waals surface area contributed by atoms with Crippen molar-refractivity contribution in [2.24, 2.45) is 16.6 Å². The van der Waals surface area contributed by atoms with Crippen LogP contribution in [0.15, 0.2) is 23.3 Å². The second-order valence-electron chi connectivity index (χ2n) is 6.45. The molecule has 5 heteroatoms. The van der Waals surface area contributed by atoms with Gasteiger partial charge in [-0.3, -0.25) is 0 Å². The van der Waals surface area contributed by atoms with Crippen molar-refractivity contribution in [3.05, 3.63) is 23.9 Å². The van der Waals surface area contributed by atoms with Crippen LogP contribution < -0.4 is 16.0 Å². The van der Waals surface area contributed by atoms with Gasteiger partial charge in [0.1, 0.15) is 5.82 Å². The van der Waals surface area contributed by atoms with Crippen molar-refractivity contribution in [3.63, 3.8) is 0 Å². The summed E-state index contributed by atoms with van der Waals surface area (Å²) < 4.78 is 0. The normalized spacial score (nSPS) is 13.3. The van der Waals surface area contributed by atoms with Crippen LogP contribution >= 0.6 is 0 Å². The summed E-state index contributed by atoms with van der Waals surface area (Å²) >= 11 is 0. The lowest BCUT2D eigenvalue weighted by Crippen LogP contribution is -2.38. The first-order valence-electron chi connectivity index (χ1n) is 8.07. The molecule has 0 fully saturated rings. The van der Waals surface area contributed by atoms with Gasteiger partial charge in [-0.05, 0) is 25.3 Å². The van der Waals surface area contributed by atoms with E-state index in [0.29, 0.717) is 18.5 Å². The van der Waals surface area contributed by atoms with Gasteiger partial charge in [0.05, 0.1) is 6.54 Å². The molecule has 1 heterocycles. The minimum atomic E-state index is 0.352. The van der Waals surface area contributed by atoms with Gasteiger partial charge >= 0.3 is 0 Å². The third-order valence-electron chi connectivity index (χ3n) is 3.52. The standard InChI is InChI=1S/C17H31N5/c1-13(2)8-6-9-14(3)21-17(18)20-12-15-10-7-11-19-16(15)22(4)5/h7,10-11,13-14H,6,8-9,12H2,1-5H3,(H3,18,20,21). The Morgan fingerprint density at radius 2 is 2.05 bits per heavy atom. The number of aromatic nitrogens is 1. The van der Waals surface area contributed by atoms with Gasteiger partial charge in [0.2, 0.25) is 0 Å². The van der Waals surface area contributed by atoms with Gasteiger partial charge in [-0.1, -0.05) is 32.8 Å². The van der Waals surface area contributed by atoms with Gasteiger partial charge in [0, 0.05) is 31.9 Å². The van der Waals surface area contributed by atoms with Crippen molar-refractivity contribution in [3.8, 4) is 0 Å². The summed E-state index contributed by atoms with van der Waals surface area (Å²) in [7, 11) is 3.96. The average molecular weight is 305 g/mol. The number of rotatable bonds is 8. The summed E-state index contributed by atoms with van der Waals surface area (Å²) in [6, 6.07) is 4.31. The lowest BCUT2D eigenvalue weighted by molar-refractivity contribution is 0.493. The first-order chi connectivity index (χ1) is 10.4. The van der Waals surface area contributed by atoms with E-state index in [9.17, 15) is 0 Å². The number of nitrogens with zero attached hydrogens (tertiary/aromatic N) is 3. The maximum Gasteiger partial charge on any atom is 0.189 e. The molecule has 1 rings (SSSR count). The maximum atomic E-state index is 5.99. The van der Waals surface area contributed by atoms with E-state index in [1.165, 1.54) is 12.8 Å². The van der Waals surface area contributed by atoms with Gasteiger partial charge in [0.15, 0.2) is 5.96 Å². The van der Waals surface area contributed by atoms with Gasteiger partial charge < -0.3 is 16.0 Å². The first kappa shape index (κ1) is 18.3. The number of hydrogen-bond donors (Lipinski definition) is 2. The second kappa shape index (κ2) is 9.28. The molecular weight excluding hydrogens is 274 g/mol. The molecule has 0 radical (unpaired) electrons. The average Bonchev–Trinajstić information content (AvgIpc) is 2.44. The van der Waals surface area contributed by atoms with E-state index < -0.39 is 0 Å². The monoisotopic (exact) mass is 305 g/mol. The summed E-state index contributed by atoms with van der Waals surface area (Å²) in [6.07, 6.45) is 5.38. The third-order valence-corrected chi connectivity index (χ3v) is 3.52. The molecule has 1 aromatic rings. The molecule has 0 amide bonds. The highest BCUT2D eigenvalue weighted by molar-refractivity contribution is 5.78. The molecule has 0 aromatic carbocycles. The van der Waals surface area contributed by atoms with Crippen molar-refractivity contribution in [1.82, 2.24) is 10.3 Å². The topological polar surface area (TPSA) is 66.5 Å². The Kier molecular flexibility index (Phi) is 7.71. The molecule has 0 bridgehead atoms. The Morgan fingerprint density at radius 3 is 2.68 bits per heavy atom. The number of hydrogen-bond acceptors (Lipinski definition) is 3. The molecule has 0 aliphatic carbocycles. The zero-order chi connectivity index (χ0) is 16.5. The summed E-state index contributed by atoms with van der Waals surface area (Å²) in [6.45, 7) is 7.20. The summed E-state index contributed by atoms with van der Waals surface area (Å²) in [5, 5.41) is 3.27. The molecule has 1 aromatic heterocycles. The largest absolute Gasteiger partial charge is 0.370 e. The second-order valence-corrected chi connectivity index (χ2v) is 6.45. The number of anilines is 1. The van der Waals surface area contributed by atoms with Crippen molar-refractivity contribution in [2.45, 2.75) is 52.6 Å². The van der Waals surface area contributed by atoms with E-state index in [1.807, 2.05) is 31.1 Å². The molecule has 0 saturated heterocycles. The van der Waals surface area contributed by atoms with Gasteiger partial charge in [-0.15, -0.1) is 0 Å². The lowest BCUT2D eigenvalue weighted by atomic mass is 10.0. The predicted octanol–water partition coefficient (Wildman–Crippen LogP) is 2.77. The quantitative estimate of drug-likeness (QED) is 0.572. The first-order valence-corrected chi connectivity index (χ1v) is 8.07. The summed E-state index contributed by atoms with van der Waals surface area (Å²) in [4.78, 5) is 10.8. The Labute approximate surface area is 135 Å². The van der Waals surface area contributed by atoms with Crippen LogP contribution in [0.25, 0.3) is 0 Å². The maximum absolute atomic E-state index is 5.99. The van der Waals surface area contributed by atoms with Crippen LogP contribution in [0.5, 0.6) is 0 Å². The van der Waals surface area contributed by atoms with Crippen LogP contribution in [0.3, 0.4) is 0 Å². The Hall–Kier alpha value is -1.78. The lowest BCUT2D eigenvalue weighted by Gasteiger charge is -2.16. The van der Waals surface area contributed by atoms with Crippen molar-refractivity contribution >= 4 is 11.8 Å². The SMILES string of the molecule is CC(C)CCCC(C)NC(N)=NCc1cccnc1N(C)C. The molecule has 0 saturated carbocycles. The minimum absolute atomic E-state index is 0.352. The van der Waals surface area contributed by atoms with E-state index in [4.69, 9.17) is 5.73 Å². The third kappa shape index (κ3) is 6.78. The molecule has 5 nitrogen and oxygen atoms in total. The number of guanidine groups is 1. The van der Waals surface area contributed by atoms with E-state index in [1.54, 1.807) is 6.20 Å². The number of pyridine rings is 1. The minimum Gasteiger partial charge on any atom is -0.370 e. The fourth-order valence-corrected chi connectivity index (χ4v) is 2.33. The molecule has 1 atom stereocenters. The Morgan fingerprint density at radius 1 is 1.32 bits per heavy atom. The molecule has 0 aliphatic rings. The zero-order valence-electron chi connectivity index (χ0n) is 14.6. The van der Waals surface area contributed by atoms with Crippen molar-refractivity contribution in [1.29, 1.82) is 0 Å². The zero-order valence-corrected chi connectivity index (χ0v) is 14.6. The van der Waals surface area contributed by atoms with E-state index >= 15 is 0 Å². The number of nitrogens with one attached hydrogen (secondary N) is 1. The van der Waals surface area contributed by atoms with E-state index in [0.717, 1.165) is 23.7 Å². The highest BCUT2D eigenvalue weighted by atomic mass is 15.1. The predicted molar refractivity (Wildman–Crippen MR) is 95.2 cm³/mol. The molecule has 22 heavy (non-hydrogen) atoms. The summed E-state index contributed by atoms with van der Waals surface area (Å²) in [5.74, 6) is 2.20. The van der Waals surface area contributed by atoms with Crippen LogP contribution in [0.1, 0.15) is 45.6 Å². The highest BCUT2D eigenvalue weighted by Gasteiger charge is 2.06. The molecular formula is C17H31N5. The van der Waals surface area contributed by atoms with Gasteiger partial charge in [0.25, 0.3) is 0 Å². The van der Waals surface area contributed by atoms with Gasteiger partial charge in [-0.2, -0.15) is 0 Å². The molecule has 3 N–H and O–H groups in total. The van der Waals surface area contributed by atoms with E-state index in [-0.39, 0.29) is 0 Å². The van der Waals surface area contributed by atoms with Crippen LogP contribution in [-0.2, 0) is 6.54 Å². The molecule has 124 valence electrons. The fraction of sp³-hybridized carbons (Fsp3) is 0.647. The van der Waals surface area contributed by atoms with Crippen LogP contribution in [0, 0.1) is 5.92 Å².